The third-order valence-corrected chi connectivity index (χ3v) is 3.67. The van der Waals surface area contributed by atoms with Crippen LogP contribution in [-0.2, 0) is 11.2 Å². The number of aryl methyl sites for hydroxylation is 1. The Labute approximate surface area is 130 Å². The van der Waals surface area contributed by atoms with Crippen LogP contribution in [0.5, 0.6) is 0 Å². The maximum atomic E-state index is 12.0. The van der Waals surface area contributed by atoms with E-state index in [1.807, 2.05) is 30.3 Å². The highest BCUT2D eigenvalue weighted by atomic mass is 16.5. The van der Waals surface area contributed by atoms with E-state index in [0.717, 1.165) is 41.8 Å². The number of esters is 1. The van der Waals surface area contributed by atoms with Gasteiger partial charge in [0.15, 0.2) is 0 Å². The van der Waals surface area contributed by atoms with Gasteiger partial charge in [0.05, 0.1) is 18.4 Å². The third kappa shape index (κ3) is 2.96. The van der Waals surface area contributed by atoms with Crippen molar-refractivity contribution < 1.29 is 9.53 Å². The van der Waals surface area contributed by atoms with Crippen molar-refractivity contribution in [1.82, 2.24) is 0 Å². The highest BCUT2D eigenvalue weighted by Crippen LogP contribution is 2.28. The van der Waals surface area contributed by atoms with Gasteiger partial charge in [-0.15, -0.1) is 0 Å². The van der Waals surface area contributed by atoms with Gasteiger partial charge in [-0.05, 0) is 42.7 Å². The monoisotopic (exact) mass is 291 g/mol. The van der Waals surface area contributed by atoms with Crippen molar-refractivity contribution in [3.05, 3.63) is 64.7 Å². The number of hydrogen-bond acceptors (Lipinski definition) is 3. The molecule has 2 aromatic carbocycles. The third-order valence-electron chi connectivity index (χ3n) is 3.67. The molecule has 3 nitrogen and oxygen atoms in total. The molecule has 3 rings (SSSR count). The maximum Gasteiger partial charge on any atom is 0.340 e. The maximum absolute atomic E-state index is 12.0. The fraction of sp³-hybridized carbons (Fsp3) is 0.211. The van der Waals surface area contributed by atoms with Gasteiger partial charge in [-0.2, -0.15) is 0 Å². The Morgan fingerprint density at radius 3 is 2.68 bits per heavy atom. The molecule has 1 aliphatic rings. The van der Waals surface area contributed by atoms with Gasteiger partial charge in [-0.25, -0.2) is 4.79 Å². The van der Waals surface area contributed by atoms with Crippen LogP contribution >= 0.6 is 0 Å². The number of rotatable bonds is 1. The SMILES string of the molecule is COC(=O)c1cc(C#Cc2ccccc2)cc2c1NCCC2. The highest BCUT2D eigenvalue weighted by molar-refractivity contribution is 5.97. The smallest absolute Gasteiger partial charge is 0.340 e. The van der Waals surface area contributed by atoms with Crippen LogP contribution < -0.4 is 5.32 Å². The Kier molecular flexibility index (Phi) is 4.11. The lowest BCUT2D eigenvalue weighted by molar-refractivity contribution is 0.0601. The summed E-state index contributed by atoms with van der Waals surface area (Å²) in [5, 5.41) is 3.30. The summed E-state index contributed by atoms with van der Waals surface area (Å²) in [6.07, 6.45) is 2.01. The summed E-state index contributed by atoms with van der Waals surface area (Å²) >= 11 is 0. The first-order valence-electron chi connectivity index (χ1n) is 7.34. The molecule has 0 spiro atoms. The average Bonchev–Trinajstić information content (AvgIpc) is 2.59. The first-order chi connectivity index (χ1) is 10.8. The average molecular weight is 291 g/mol. The van der Waals surface area contributed by atoms with E-state index in [1.165, 1.54) is 7.11 Å². The molecule has 0 saturated carbocycles. The summed E-state index contributed by atoms with van der Waals surface area (Å²) in [4.78, 5) is 12.0. The van der Waals surface area contributed by atoms with E-state index in [4.69, 9.17) is 4.74 Å². The van der Waals surface area contributed by atoms with Gasteiger partial charge in [0.1, 0.15) is 0 Å². The zero-order chi connectivity index (χ0) is 15.4. The molecule has 0 fully saturated rings. The predicted octanol–water partition coefficient (Wildman–Crippen LogP) is 3.23. The first-order valence-corrected chi connectivity index (χ1v) is 7.34. The molecule has 0 atom stereocenters. The molecule has 0 bridgehead atoms. The van der Waals surface area contributed by atoms with E-state index >= 15 is 0 Å². The number of benzene rings is 2. The van der Waals surface area contributed by atoms with Gasteiger partial charge in [0.2, 0.25) is 0 Å². The van der Waals surface area contributed by atoms with Crippen molar-refractivity contribution in [2.45, 2.75) is 12.8 Å². The van der Waals surface area contributed by atoms with E-state index in [2.05, 4.69) is 23.2 Å². The molecular weight excluding hydrogens is 274 g/mol. The lowest BCUT2D eigenvalue weighted by atomic mass is 9.96. The normalized spacial score (nSPS) is 12.4. The molecule has 2 aromatic rings. The summed E-state index contributed by atoms with van der Waals surface area (Å²) in [6, 6.07) is 13.7. The number of carbonyl (C=O) groups excluding carboxylic acids is 1. The number of fused-ring (bicyclic) bond motifs is 1. The molecule has 0 unspecified atom stereocenters. The standard InChI is InChI=1S/C19H17NO2/c1-22-19(21)17-13-15(10-9-14-6-3-2-4-7-14)12-16-8-5-11-20-18(16)17/h2-4,6-7,12-13,20H,5,8,11H2,1H3. The predicted molar refractivity (Wildman–Crippen MR) is 87.0 cm³/mol. The van der Waals surface area contributed by atoms with Gasteiger partial charge in [-0.3, -0.25) is 0 Å². The molecule has 1 aliphatic heterocycles. The van der Waals surface area contributed by atoms with Crippen LogP contribution in [0.1, 0.15) is 33.5 Å². The second kappa shape index (κ2) is 6.36. The minimum Gasteiger partial charge on any atom is -0.465 e. The van der Waals surface area contributed by atoms with Crippen LogP contribution in [-0.4, -0.2) is 19.6 Å². The van der Waals surface area contributed by atoms with Crippen molar-refractivity contribution in [3.8, 4) is 11.8 Å². The van der Waals surface area contributed by atoms with Crippen LogP contribution in [0.2, 0.25) is 0 Å². The number of methoxy groups -OCH3 is 1. The van der Waals surface area contributed by atoms with Crippen LogP contribution in [0.15, 0.2) is 42.5 Å². The van der Waals surface area contributed by atoms with Crippen molar-refractivity contribution in [1.29, 1.82) is 0 Å². The Hall–Kier alpha value is -2.73. The van der Waals surface area contributed by atoms with E-state index in [-0.39, 0.29) is 5.97 Å². The van der Waals surface area contributed by atoms with E-state index in [9.17, 15) is 4.79 Å². The minimum atomic E-state index is -0.325. The highest BCUT2D eigenvalue weighted by Gasteiger charge is 2.19. The summed E-state index contributed by atoms with van der Waals surface area (Å²) in [5.41, 5.74) is 4.39. The van der Waals surface area contributed by atoms with Crippen LogP contribution in [0, 0.1) is 11.8 Å². The molecule has 3 heteroatoms. The molecule has 0 aliphatic carbocycles. The largest absolute Gasteiger partial charge is 0.465 e. The minimum absolute atomic E-state index is 0.325. The molecule has 0 amide bonds. The summed E-state index contributed by atoms with van der Waals surface area (Å²) < 4.78 is 4.89. The molecule has 1 N–H and O–H groups in total. The number of hydrogen-bond donors (Lipinski definition) is 1. The number of ether oxygens (including phenoxy) is 1. The fourth-order valence-corrected chi connectivity index (χ4v) is 2.61. The number of nitrogens with one attached hydrogen (secondary N) is 1. The lowest BCUT2D eigenvalue weighted by Crippen LogP contribution is -2.17. The van der Waals surface area contributed by atoms with Gasteiger partial charge >= 0.3 is 5.97 Å². The molecule has 0 radical (unpaired) electrons. The summed E-state index contributed by atoms with van der Waals surface area (Å²) in [5.74, 6) is 5.95. The fourth-order valence-electron chi connectivity index (χ4n) is 2.61. The molecular formula is C19H17NO2. The second-order valence-corrected chi connectivity index (χ2v) is 5.20. The van der Waals surface area contributed by atoms with Gasteiger partial charge in [0.25, 0.3) is 0 Å². The number of anilines is 1. The van der Waals surface area contributed by atoms with Gasteiger partial charge < -0.3 is 10.1 Å². The van der Waals surface area contributed by atoms with Crippen LogP contribution in [0.25, 0.3) is 0 Å². The first kappa shape index (κ1) is 14.2. The number of carbonyl (C=O) groups is 1. The Balaban J connectivity index is 2.02. The van der Waals surface area contributed by atoms with E-state index < -0.39 is 0 Å². The van der Waals surface area contributed by atoms with E-state index in [0.29, 0.717) is 5.56 Å². The topological polar surface area (TPSA) is 38.3 Å². The van der Waals surface area contributed by atoms with Crippen molar-refractivity contribution >= 4 is 11.7 Å². The second-order valence-electron chi connectivity index (χ2n) is 5.20. The molecule has 22 heavy (non-hydrogen) atoms. The van der Waals surface area contributed by atoms with E-state index in [1.54, 1.807) is 6.07 Å². The Bertz CT molecular complexity index is 754. The molecule has 0 aromatic heterocycles. The zero-order valence-corrected chi connectivity index (χ0v) is 12.5. The Morgan fingerprint density at radius 2 is 1.91 bits per heavy atom. The summed E-state index contributed by atoms with van der Waals surface area (Å²) in [7, 11) is 1.40. The quantitative estimate of drug-likeness (QED) is 0.647. The van der Waals surface area contributed by atoms with Crippen LogP contribution in [0.3, 0.4) is 0 Å². The van der Waals surface area contributed by atoms with Crippen molar-refractivity contribution in [2.24, 2.45) is 0 Å². The van der Waals surface area contributed by atoms with Gasteiger partial charge in [-0.1, -0.05) is 30.0 Å². The molecule has 110 valence electrons. The summed E-state index contributed by atoms with van der Waals surface area (Å²) in [6.45, 7) is 0.881. The van der Waals surface area contributed by atoms with Crippen molar-refractivity contribution in [3.63, 3.8) is 0 Å². The molecule has 0 saturated heterocycles. The Morgan fingerprint density at radius 1 is 1.14 bits per heavy atom. The van der Waals surface area contributed by atoms with Crippen LogP contribution in [0.4, 0.5) is 5.69 Å². The lowest BCUT2D eigenvalue weighted by Gasteiger charge is -2.20. The van der Waals surface area contributed by atoms with Gasteiger partial charge in [0, 0.05) is 17.7 Å². The van der Waals surface area contributed by atoms with Crippen molar-refractivity contribution in [2.75, 3.05) is 19.0 Å². The molecule has 1 heterocycles. The zero-order valence-electron chi connectivity index (χ0n) is 12.5.